The maximum atomic E-state index is 6.22. The number of hydrogen-bond acceptors (Lipinski definition) is 3. The monoisotopic (exact) mass is 609 g/mol. The lowest BCUT2D eigenvalue weighted by atomic mass is 9.81. The molecule has 0 radical (unpaired) electrons. The molecule has 3 nitrogen and oxygen atoms in total. The lowest BCUT2D eigenvalue weighted by Crippen LogP contribution is -2.39. The molecule has 6 aromatic carbocycles. The van der Waals surface area contributed by atoms with E-state index in [-0.39, 0.29) is 17.6 Å². The number of allylic oxidation sites excluding steroid dienone is 1. The predicted molar refractivity (Wildman–Crippen MR) is 199 cm³/mol. The van der Waals surface area contributed by atoms with Gasteiger partial charge in [0.1, 0.15) is 6.17 Å². The Hall–Kier alpha value is -5.38. The first kappa shape index (κ1) is 29.1. The Bertz CT molecular complexity index is 2190. The second kappa shape index (κ2) is 11.5. The molecule has 4 N–H and O–H groups in total. The fourth-order valence-corrected chi connectivity index (χ4v) is 7.43. The average molecular weight is 610 g/mol. The van der Waals surface area contributed by atoms with E-state index in [2.05, 4.69) is 159 Å². The van der Waals surface area contributed by atoms with Crippen LogP contribution in [0.3, 0.4) is 0 Å². The fourth-order valence-electron chi connectivity index (χ4n) is 7.43. The number of nitrogens with two attached hydrogens (primary N) is 1. The minimum atomic E-state index is -0.0952. The highest BCUT2D eigenvalue weighted by molar-refractivity contribution is 5.97. The van der Waals surface area contributed by atoms with Gasteiger partial charge in [0.15, 0.2) is 0 Å². The highest BCUT2D eigenvalue weighted by Gasteiger charge is 2.38. The molecule has 0 aromatic heterocycles. The zero-order chi connectivity index (χ0) is 32.1. The summed E-state index contributed by atoms with van der Waals surface area (Å²) in [5, 5.41) is 10.4. The third kappa shape index (κ3) is 5.14. The molecule has 2 unspecified atom stereocenters. The van der Waals surface area contributed by atoms with E-state index >= 15 is 0 Å². The number of rotatable bonds is 5. The summed E-state index contributed by atoms with van der Waals surface area (Å²) in [5.41, 5.74) is 20.6. The minimum Gasteiger partial charge on any atom is -0.398 e. The Morgan fingerprint density at radius 3 is 2.15 bits per heavy atom. The van der Waals surface area contributed by atoms with Crippen molar-refractivity contribution in [2.24, 2.45) is 0 Å². The van der Waals surface area contributed by atoms with Gasteiger partial charge in [0, 0.05) is 22.4 Å². The van der Waals surface area contributed by atoms with Gasteiger partial charge in [-0.15, -0.1) is 0 Å². The van der Waals surface area contributed by atoms with Crippen LogP contribution >= 0.6 is 0 Å². The topological polar surface area (TPSA) is 50.1 Å². The quantitative estimate of drug-likeness (QED) is 0.135. The molecule has 0 spiro atoms. The normalized spacial score (nSPS) is 18.3. The minimum absolute atomic E-state index is 0.0147. The van der Waals surface area contributed by atoms with Crippen LogP contribution in [0.5, 0.6) is 0 Å². The predicted octanol–water partition coefficient (Wildman–Crippen LogP) is 10.3. The molecule has 47 heavy (non-hydrogen) atoms. The molecule has 230 valence electrons. The maximum absolute atomic E-state index is 6.22. The van der Waals surface area contributed by atoms with Gasteiger partial charge in [0.05, 0.1) is 6.04 Å². The summed E-state index contributed by atoms with van der Waals surface area (Å²) in [6.07, 6.45) is 4.48. The Kier molecular flexibility index (Phi) is 7.08. The number of nitrogens with one attached hydrogen (secondary N) is 2. The number of fused-ring (bicyclic) bond motifs is 4. The lowest BCUT2D eigenvalue weighted by molar-refractivity contribution is 0.443. The molecule has 0 saturated heterocycles. The lowest BCUT2D eigenvalue weighted by Gasteiger charge is -2.34. The van der Waals surface area contributed by atoms with E-state index < -0.39 is 0 Å². The van der Waals surface area contributed by atoms with Crippen LogP contribution in [0, 0.1) is 0 Å². The van der Waals surface area contributed by atoms with E-state index in [0.717, 1.165) is 16.9 Å². The first-order valence-electron chi connectivity index (χ1n) is 16.5. The van der Waals surface area contributed by atoms with E-state index in [1.54, 1.807) is 0 Å². The standard InChI is InChI=1S/C44H39N3/c1-28(24-34-16-9-10-19-39(34)45)29-20-22-30(23-21-29)40-27-41(47-43(46-40)31-12-5-4-6-13-31)35-17-11-18-37-42(35)36-25-32-14-7-8-15-33(32)26-38(36)44(37,2)3/h4-27,40,43,46-47H,45H2,1-3H3/b28-24+. The van der Waals surface area contributed by atoms with Crippen molar-refractivity contribution in [3.63, 3.8) is 0 Å². The summed E-state index contributed by atoms with van der Waals surface area (Å²) in [7, 11) is 0. The Balaban J connectivity index is 1.22. The summed E-state index contributed by atoms with van der Waals surface area (Å²) < 4.78 is 0. The fraction of sp³-hybridized carbons (Fsp3) is 0.136. The first-order valence-corrected chi connectivity index (χ1v) is 16.5. The molecule has 0 fully saturated rings. The van der Waals surface area contributed by atoms with Crippen molar-refractivity contribution in [3.05, 3.63) is 178 Å². The summed E-state index contributed by atoms with van der Waals surface area (Å²) in [6, 6.07) is 48.0. The van der Waals surface area contributed by atoms with Crippen molar-refractivity contribution in [1.29, 1.82) is 0 Å². The van der Waals surface area contributed by atoms with Gasteiger partial charge in [0.25, 0.3) is 0 Å². The molecular formula is C44H39N3. The van der Waals surface area contributed by atoms with Crippen LogP contribution in [0.2, 0.25) is 0 Å². The highest BCUT2D eigenvalue weighted by atomic mass is 15.2. The van der Waals surface area contributed by atoms with E-state index in [4.69, 9.17) is 5.73 Å². The van der Waals surface area contributed by atoms with Crippen LogP contribution in [0.15, 0.2) is 140 Å². The molecule has 0 bridgehead atoms. The van der Waals surface area contributed by atoms with Gasteiger partial charge in [0.2, 0.25) is 0 Å². The average Bonchev–Trinajstić information content (AvgIpc) is 3.34. The van der Waals surface area contributed by atoms with Gasteiger partial charge in [-0.2, -0.15) is 0 Å². The zero-order valence-corrected chi connectivity index (χ0v) is 27.1. The van der Waals surface area contributed by atoms with Crippen molar-refractivity contribution in [2.45, 2.75) is 38.4 Å². The molecule has 2 atom stereocenters. The molecule has 6 aromatic rings. The number of nitrogen functional groups attached to an aromatic ring is 1. The van der Waals surface area contributed by atoms with Crippen molar-refractivity contribution < 1.29 is 0 Å². The molecule has 0 amide bonds. The van der Waals surface area contributed by atoms with Crippen molar-refractivity contribution >= 4 is 33.8 Å². The first-order chi connectivity index (χ1) is 22.9. The van der Waals surface area contributed by atoms with Crippen LogP contribution in [0.25, 0.3) is 39.2 Å². The number of benzene rings is 6. The van der Waals surface area contributed by atoms with Gasteiger partial charge in [-0.1, -0.05) is 129 Å². The van der Waals surface area contributed by atoms with Crippen LogP contribution in [-0.4, -0.2) is 0 Å². The largest absolute Gasteiger partial charge is 0.398 e. The molecule has 0 saturated carbocycles. The van der Waals surface area contributed by atoms with Crippen molar-refractivity contribution in [3.8, 4) is 11.1 Å². The number of para-hydroxylation sites is 1. The molecule has 1 aliphatic carbocycles. The second-order valence-corrected chi connectivity index (χ2v) is 13.4. The molecule has 2 aliphatic rings. The third-order valence-electron chi connectivity index (χ3n) is 10.1. The van der Waals surface area contributed by atoms with E-state index in [1.807, 2.05) is 18.2 Å². The van der Waals surface area contributed by atoms with Crippen molar-refractivity contribution in [1.82, 2.24) is 10.6 Å². The van der Waals surface area contributed by atoms with Gasteiger partial charge in [-0.3, -0.25) is 5.32 Å². The second-order valence-electron chi connectivity index (χ2n) is 13.4. The molecule has 3 heteroatoms. The van der Waals surface area contributed by atoms with Gasteiger partial charge in [-0.05, 0) is 98.1 Å². The summed E-state index contributed by atoms with van der Waals surface area (Å²) in [5.74, 6) is 0. The molecule has 8 rings (SSSR count). The maximum Gasteiger partial charge on any atom is 0.104 e. The summed E-state index contributed by atoms with van der Waals surface area (Å²) in [6.45, 7) is 6.87. The molecular weight excluding hydrogens is 571 g/mol. The molecule has 1 aliphatic heterocycles. The van der Waals surface area contributed by atoms with Crippen LogP contribution in [-0.2, 0) is 5.41 Å². The molecule has 1 heterocycles. The Morgan fingerprint density at radius 1 is 0.681 bits per heavy atom. The number of anilines is 1. The van der Waals surface area contributed by atoms with Crippen LogP contribution in [0.1, 0.15) is 71.9 Å². The Labute approximate surface area is 277 Å². The van der Waals surface area contributed by atoms with E-state index in [1.165, 1.54) is 60.9 Å². The number of hydrogen-bond donors (Lipinski definition) is 3. The Morgan fingerprint density at radius 2 is 1.38 bits per heavy atom. The third-order valence-corrected chi connectivity index (χ3v) is 10.1. The van der Waals surface area contributed by atoms with Gasteiger partial charge >= 0.3 is 0 Å². The van der Waals surface area contributed by atoms with Crippen LogP contribution < -0.4 is 16.4 Å². The van der Waals surface area contributed by atoms with Crippen LogP contribution in [0.4, 0.5) is 5.69 Å². The summed E-state index contributed by atoms with van der Waals surface area (Å²) >= 11 is 0. The van der Waals surface area contributed by atoms with E-state index in [9.17, 15) is 0 Å². The smallest absolute Gasteiger partial charge is 0.104 e. The van der Waals surface area contributed by atoms with E-state index in [0.29, 0.717) is 0 Å². The highest BCUT2D eigenvalue weighted by Crippen LogP contribution is 2.52. The van der Waals surface area contributed by atoms with Gasteiger partial charge in [-0.25, -0.2) is 0 Å². The SMILES string of the molecule is C/C(=C\c1ccccc1N)c1ccc(C2C=C(c3cccc4c3-c3cc5ccccc5cc3C4(C)C)NC(c3ccccc3)N2)cc1. The van der Waals surface area contributed by atoms with Gasteiger partial charge < -0.3 is 11.1 Å². The summed E-state index contributed by atoms with van der Waals surface area (Å²) in [4.78, 5) is 0. The van der Waals surface area contributed by atoms with Crippen molar-refractivity contribution in [2.75, 3.05) is 5.73 Å². The zero-order valence-electron chi connectivity index (χ0n) is 27.1.